The molecule has 2 rings (SSSR count). The molecule has 0 saturated carbocycles. The van der Waals surface area contributed by atoms with E-state index in [0.29, 0.717) is 0 Å². The van der Waals surface area contributed by atoms with Gasteiger partial charge in [0.2, 0.25) is 0 Å². The fourth-order valence-electron chi connectivity index (χ4n) is 1.13. The van der Waals surface area contributed by atoms with Gasteiger partial charge in [-0.2, -0.15) is 5.10 Å². The number of hydrogen-bond donors (Lipinski definition) is 0. The zero-order valence-corrected chi connectivity index (χ0v) is 7.96. The van der Waals surface area contributed by atoms with E-state index in [-0.39, 0.29) is 0 Å². The van der Waals surface area contributed by atoms with E-state index in [1.165, 1.54) is 11.9 Å². The molecule has 0 N–H and O–H groups in total. The fraction of sp³-hybridized carbons (Fsp3) is 0.0909. The van der Waals surface area contributed by atoms with E-state index in [1.54, 1.807) is 11.0 Å². The van der Waals surface area contributed by atoms with E-state index in [1.807, 2.05) is 12.3 Å². The highest BCUT2D eigenvalue weighted by Gasteiger charge is 1.86. The maximum atomic E-state index is 3.97. The first-order valence-electron chi connectivity index (χ1n) is 4.43. The van der Waals surface area contributed by atoms with Crippen LogP contribution in [0.25, 0.3) is 12.3 Å². The number of nitrogens with zero attached hydrogens (tertiary/aromatic N) is 3. The van der Waals surface area contributed by atoms with Crippen LogP contribution in [0.5, 0.6) is 0 Å². The van der Waals surface area contributed by atoms with Crippen molar-refractivity contribution in [2.75, 3.05) is 0 Å². The molecule has 0 spiro atoms. The quantitative estimate of drug-likeness (QED) is 0.718. The van der Waals surface area contributed by atoms with Gasteiger partial charge in [0.25, 0.3) is 0 Å². The maximum Gasteiger partial charge on any atom is 0.138 e. The van der Waals surface area contributed by atoms with Gasteiger partial charge in [-0.15, -0.1) is 0 Å². The molecule has 0 aliphatic heterocycles. The second kappa shape index (κ2) is 3.87. The fourth-order valence-corrected chi connectivity index (χ4v) is 1.13. The van der Waals surface area contributed by atoms with Crippen LogP contribution in [0.15, 0.2) is 36.9 Å². The van der Waals surface area contributed by atoms with Crippen molar-refractivity contribution >= 4 is 12.3 Å². The van der Waals surface area contributed by atoms with Gasteiger partial charge in [0.1, 0.15) is 12.7 Å². The number of rotatable bonds is 2. The Hall–Kier alpha value is -1.90. The van der Waals surface area contributed by atoms with Crippen molar-refractivity contribution in [3.05, 3.63) is 48.0 Å². The first kappa shape index (κ1) is 8.69. The summed E-state index contributed by atoms with van der Waals surface area (Å²) in [4.78, 5) is 3.85. The molecule has 0 atom stereocenters. The monoisotopic (exact) mass is 185 g/mol. The van der Waals surface area contributed by atoms with Crippen LogP contribution in [-0.4, -0.2) is 14.8 Å². The van der Waals surface area contributed by atoms with Gasteiger partial charge in [0.05, 0.1) is 0 Å². The Bertz CT molecular complexity index is 412. The largest absolute Gasteiger partial charge is 0.228 e. The Morgan fingerprint density at radius 1 is 1.21 bits per heavy atom. The SMILES string of the molecule is Cc1ccc(/C=C/n2cncn2)cc1. The van der Waals surface area contributed by atoms with Gasteiger partial charge in [0.15, 0.2) is 0 Å². The molecule has 3 heteroatoms. The van der Waals surface area contributed by atoms with Gasteiger partial charge in [-0.3, -0.25) is 0 Å². The van der Waals surface area contributed by atoms with Crippen LogP contribution in [-0.2, 0) is 0 Å². The highest BCUT2D eigenvalue weighted by atomic mass is 15.3. The molecule has 1 aromatic heterocycles. The average Bonchev–Trinajstić information content (AvgIpc) is 2.70. The van der Waals surface area contributed by atoms with E-state index >= 15 is 0 Å². The summed E-state index contributed by atoms with van der Waals surface area (Å²) in [5.74, 6) is 0. The van der Waals surface area contributed by atoms with Crippen LogP contribution in [0.1, 0.15) is 11.1 Å². The summed E-state index contributed by atoms with van der Waals surface area (Å²) in [6.45, 7) is 2.07. The zero-order valence-electron chi connectivity index (χ0n) is 7.96. The molecule has 1 heterocycles. The van der Waals surface area contributed by atoms with E-state index in [4.69, 9.17) is 0 Å². The lowest BCUT2D eigenvalue weighted by atomic mass is 10.1. The van der Waals surface area contributed by atoms with Crippen molar-refractivity contribution < 1.29 is 0 Å². The van der Waals surface area contributed by atoms with Crippen LogP contribution < -0.4 is 0 Å². The van der Waals surface area contributed by atoms with Gasteiger partial charge in [-0.05, 0) is 18.6 Å². The lowest BCUT2D eigenvalue weighted by Gasteiger charge is -1.94. The minimum absolute atomic E-state index is 1.16. The molecule has 70 valence electrons. The van der Waals surface area contributed by atoms with Crippen molar-refractivity contribution in [3.8, 4) is 0 Å². The lowest BCUT2D eigenvalue weighted by molar-refractivity contribution is 0.937. The molecule has 2 aromatic rings. The van der Waals surface area contributed by atoms with Crippen molar-refractivity contribution in [3.63, 3.8) is 0 Å². The Labute approximate surface area is 82.7 Å². The van der Waals surface area contributed by atoms with Crippen LogP contribution in [0.2, 0.25) is 0 Å². The Morgan fingerprint density at radius 2 is 2.00 bits per heavy atom. The molecule has 0 bridgehead atoms. The molecule has 0 radical (unpaired) electrons. The third-order valence-corrected chi connectivity index (χ3v) is 1.93. The maximum absolute atomic E-state index is 3.97. The standard InChI is InChI=1S/C11H11N3/c1-10-2-4-11(5-3-10)6-7-14-9-12-8-13-14/h2-9H,1H3/b7-6+. The number of hydrogen-bond acceptors (Lipinski definition) is 2. The summed E-state index contributed by atoms with van der Waals surface area (Å²) in [7, 11) is 0. The highest BCUT2D eigenvalue weighted by molar-refractivity contribution is 5.59. The minimum atomic E-state index is 1.16. The predicted molar refractivity (Wildman–Crippen MR) is 56.4 cm³/mol. The summed E-state index contributed by atoms with van der Waals surface area (Å²) in [5, 5.41) is 3.97. The Balaban J connectivity index is 2.15. The molecule has 0 unspecified atom stereocenters. The van der Waals surface area contributed by atoms with Crippen LogP contribution in [0.4, 0.5) is 0 Å². The summed E-state index contributed by atoms with van der Waals surface area (Å²) < 4.78 is 1.67. The normalized spacial score (nSPS) is 10.9. The summed E-state index contributed by atoms with van der Waals surface area (Å²) >= 11 is 0. The van der Waals surface area contributed by atoms with Crippen LogP contribution >= 0.6 is 0 Å². The van der Waals surface area contributed by atoms with Gasteiger partial charge >= 0.3 is 0 Å². The van der Waals surface area contributed by atoms with Gasteiger partial charge in [0, 0.05) is 6.20 Å². The van der Waals surface area contributed by atoms with Crippen molar-refractivity contribution in [2.24, 2.45) is 0 Å². The number of benzene rings is 1. The second-order valence-electron chi connectivity index (χ2n) is 3.10. The Kier molecular flexibility index (Phi) is 2.40. The number of aromatic nitrogens is 3. The van der Waals surface area contributed by atoms with E-state index < -0.39 is 0 Å². The molecule has 0 amide bonds. The topological polar surface area (TPSA) is 30.7 Å². The molecule has 0 saturated heterocycles. The van der Waals surface area contributed by atoms with E-state index in [9.17, 15) is 0 Å². The molecule has 3 nitrogen and oxygen atoms in total. The van der Waals surface area contributed by atoms with Crippen LogP contribution in [0.3, 0.4) is 0 Å². The molecule has 14 heavy (non-hydrogen) atoms. The molecule has 1 aromatic carbocycles. The van der Waals surface area contributed by atoms with Crippen molar-refractivity contribution in [2.45, 2.75) is 6.92 Å². The lowest BCUT2D eigenvalue weighted by Crippen LogP contribution is -1.84. The first-order valence-corrected chi connectivity index (χ1v) is 4.43. The zero-order chi connectivity index (χ0) is 9.80. The second-order valence-corrected chi connectivity index (χ2v) is 3.10. The molecular weight excluding hydrogens is 174 g/mol. The molecule has 0 aliphatic rings. The first-order chi connectivity index (χ1) is 6.84. The predicted octanol–water partition coefficient (Wildman–Crippen LogP) is 2.21. The van der Waals surface area contributed by atoms with Gasteiger partial charge in [-0.25, -0.2) is 9.67 Å². The Morgan fingerprint density at radius 3 is 2.64 bits per heavy atom. The summed E-state index contributed by atoms with van der Waals surface area (Å²) in [6, 6.07) is 8.31. The van der Waals surface area contributed by atoms with Crippen molar-refractivity contribution in [1.29, 1.82) is 0 Å². The minimum Gasteiger partial charge on any atom is -0.228 e. The highest BCUT2D eigenvalue weighted by Crippen LogP contribution is 2.05. The molecule has 0 fully saturated rings. The summed E-state index contributed by atoms with van der Waals surface area (Å²) in [5.41, 5.74) is 2.43. The summed E-state index contributed by atoms with van der Waals surface area (Å²) in [6.07, 6.45) is 7.04. The third kappa shape index (κ3) is 2.07. The number of aryl methyl sites for hydroxylation is 1. The van der Waals surface area contributed by atoms with E-state index in [0.717, 1.165) is 5.56 Å². The van der Waals surface area contributed by atoms with Crippen molar-refractivity contribution in [1.82, 2.24) is 14.8 Å². The molecular formula is C11H11N3. The van der Waals surface area contributed by atoms with Crippen LogP contribution in [0, 0.1) is 6.92 Å². The molecule has 0 aliphatic carbocycles. The van der Waals surface area contributed by atoms with Gasteiger partial charge in [-0.1, -0.05) is 29.8 Å². The van der Waals surface area contributed by atoms with Gasteiger partial charge < -0.3 is 0 Å². The average molecular weight is 185 g/mol. The smallest absolute Gasteiger partial charge is 0.138 e. The third-order valence-electron chi connectivity index (χ3n) is 1.93. The van der Waals surface area contributed by atoms with E-state index in [2.05, 4.69) is 41.3 Å².